The molecule has 1 atom stereocenters. The number of amides is 1. The highest BCUT2D eigenvalue weighted by atomic mass is 28.3. The number of nitrogens with zero attached hydrogens (tertiary/aromatic N) is 1. The number of esters is 1. The van der Waals surface area contributed by atoms with Gasteiger partial charge in [-0.05, 0) is 32.6 Å². The number of ether oxygens (including phenoxy) is 1. The number of hydrogen-bond acceptors (Lipinski definition) is 3. The Morgan fingerprint density at radius 3 is 2.39 bits per heavy atom. The molecule has 0 aromatic rings. The van der Waals surface area contributed by atoms with Gasteiger partial charge in [0.1, 0.15) is 8.07 Å². The molecule has 1 fully saturated rings. The third-order valence-electron chi connectivity index (χ3n) is 3.97. The van der Waals surface area contributed by atoms with Crippen molar-refractivity contribution in [2.24, 2.45) is 5.92 Å². The number of hydrogen-bond donors (Lipinski definition) is 0. The van der Waals surface area contributed by atoms with Crippen molar-refractivity contribution in [2.45, 2.75) is 71.7 Å². The Morgan fingerprint density at radius 1 is 1.26 bits per heavy atom. The molecular weight excluding hydrogens is 306 g/mol. The van der Waals surface area contributed by atoms with Gasteiger partial charge in [-0.15, -0.1) is 11.5 Å². The van der Waals surface area contributed by atoms with Gasteiger partial charge in [-0.2, -0.15) is 0 Å². The summed E-state index contributed by atoms with van der Waals surface area (Å²) in [6.07, 6.45) is 4.08. The second kappa shape index (κ2) is 9.12. The molecule has 5 heteroatoms. The lowest BCUT2D eigenvalue weighted by atomic mass is 9.97. The zero-order valence-corrected chi connectivity index (χ0v) is 16.3. The summed E-state index contributed by atoms with van der Waals surface area (Å²) >= 11 is 0. The molecule has 0 aromatic heterocycles. The number of likely N-dealkylation sites (tertiary alicyclic amines) is 1. The molecule has 1 amide bonds. The minimum Gasteiger partial charge on any atom is -0.462 e. The number of carbonyl (C=O) groups excluding carboxylic acids is 2. The number of piperidine rings is 1. The van der Waals surface area contributed by atoms with Gasteiger partial charge in [-0.1, -0.05) is 19.6 Å². The second-order valence-corrected chi connectivity index (χ2v) is 12.2. The Bertz CT molecular complexity index is 465. The zero-order chi connectivity index (χ0) is 17.5. The molecule has 0 aliphatic carbocycles. The smallest absolute Gasteiger partial charge is 0.309 e. The fourth-order valence-electron chi connectivity index (χ4n) is 2.59. The van der Waals surface area contributed by atoms with Crippen molar-refractivity contribution in [3.8, 4) is 11.5 Å². The number of rotatable bonds is 5. The van der Waals surface area contributed by atoms with Gasteiger partial charge >= 0.3 is 5.97 Å². The van der Waals surface area contributed by atoms with Crippen LogP contribution in [0.5, 0.6) is 0 Å². The zero-order valence-electron chi connectivity index (χ0n) is 15.3. The molecule has 1 rings (SSSR count). The summed E-state index contributed by atoms with van der Waals surface area (Å²) < 4.78 is 5.55. The molecule has 0 saturated carbocycles. The average molecular weight is 338 g/mol. The summed E-state index contributed by atoms with van der Waals surface area (Å²) in [6, 6.07) is 0. The largest absolute Gasteiger partial charge is 0.462 e. The van der Waals surface area contributed by atoms with Crippen LogP contribution in [-0.4, -0.2) is 44.0 Å². The van der Waals surface area contributed by atoms with E-state index >= 15 is 0 Å². The van der Waals surface area contributed by atoms with Crippen molar-refractivity contribution in [1.29, 1.82) is 0 Å². The van der Waals surface area contributed by atoms with E-state index in [2.05, 4.69) is 31.1 Å². The van der Waals surface area contributed by atoms with Gasteiger partial charge < -0.3 is 9.64 Å². The fraction of sp³-hybridized carbons (Fsp3) is 0.778. The summed E-state index contributed by atoms with van der Waals surface area (Å²) in [7, 11) is -1.27. The molecule has 23 heavy (non-hydrogen) atoms. The van der Waals surface area contributed by atoms with Crippen LogP contribution in [-0.2, 0) is 14.3 Å². The summed E-state index contributed by atoms with van der Waals surface area (Å²) in [5.74, 6) is 3.18. The topological polar surface area (TPSA) is 46.6 Å². The first kappa shape index (κ1) is 19.8. The number of carbonyl (C=O) groups is 2. The minimum atomic E-state index is -1.27. The normalized spacial score (nSPS) is 17.2. The van der Waals surface area contributed by atoms with Gasteiger partial charge in [0.05, 0.1) is 12.0 Å². The molecule has 0 N–H and O–H groups in total. The van der Waals surface area contributed by atoms with Gasteiger partial charge in [0, 0.05) is 26.4 Å². The van der Waals surface area contributed by atoms with Crippen molar-refractivity contribution in [3.05, 3.63) is 0 Å². The maximum atomic E-state index is 12.2. The van der Waals surface area contributed by atoms with E-state index in [0.29, 0.717) is 25.9 Å². The van der Waals surface area contributed by atoms with Crippen molar-refractivity contribution in [2.75, 3.05) is 13.1 Å². The van der Waals surface area contributed by atoms with E-state index in [0.717, 1.165) is 19.3 Å². The highest BCUT2D eigenvalue weighted by molar-refractivity contribution is 6.83. The van der Waals surface area contributed by atoms with Gasteiger partial charge in [0.2, 0.25) is 5.91 Å². The van der Waals surface area contributed by atoms with Crippen molar-refractivity contribution < 1.29 is 14.3 Å². The minimum absolute atomic E-state index is 0.0537. The van der Waals surface area contributed by atoms with Crippen LogP contribution in [0.1, 0.15) is 46.0 Å². The molecule has 130 valence electrons. The lowest BCUT2D eigenvalue weighted by molar-refractivity contribution is -0.156. The summed E-state index contributed by atoms with van der Waals surface area (Å²) in [4.78, 5) is 25.2. The predicted molar refractivity (Wildman–Crippen MR) is 95.5 cm³/mol. The summed E-state index contributed by atoms with van der Waals surface area (Å²) in [5, 5.41) is 0. The van der Waals surface area contributed by atoms with Gasteiger partial charge in [0.25, 0.3) is 0 Å². The Labute approximate surface area is 142 Å². The SMILES string of the molecule is CC(=O)N1CCC(C(=O)OC(C)CCCC#C[Si](C)(C)C)CC1. The van der Waals surface area contributed by atoms with E-state index in [9.17, 15) is 9.59 Å². The van der Waals surface area contributed by atoms with E-state index in [-0.39, 0.29) is 23.9 Å². The van der Waals surface area contributed by atoms with Crippen molar-refractivity contribution in [3.63, 3.8) is 0 Å². The number of unbranched alkanes of at least 4 members (excludes halogenated alkanes) is 1. The van der Waals surface area contributed by atoms with Crippen molar-refractivity contribution >= 4 is 20.0 Å². The Hall–Kier alpha value is -1.28. The maximum absolute atomic E-state index is 12.2. The third-order valence-corrected chi connectivity index (χ3v) is 4.89. The van der Waals surface area contributed by atoms with Gasteiger partial charge in [-0.25, -0.2) is 0 Å². The monoisotopic (exact) mass is 337 g/mol. The molecule has 0 spiro atoms. The lowest BCUT2D eigenvalue weighted by Gasteiger charge is -2.30. The molecule has 1 saturated heterocycles. The van der Waals surface area contributed by atoms with E-state index in [1.807, 2.05) is 6.92 Å². The van der Waals surface area contributed by atoms with Crippen LogP contribution in [0.2, 0.25) is 19.6 Å². The first-order chi connectivity index (χ1) is 10.7. The molecule has 0 radical (unpaired) electrons. The molecule has 0 aromatic carbocycles. The van der Waals surface area contributed by atoms with E-state index in [4.69, 9.17) is 4.74 Å². The maximum Gasteiger partial charge on any atom is 0.309 e. The first-order valence-electron chi connectivity index (χ1n) is 8.65. The molecular formula is C18H31NO3Si. The van der Waals surface area contributed by atoms with Crippen molar-refractivity contribution in [1.82, 2.24) is 4.90 Å². The van der Waals surface area contributed by atoms with E-state index in [1.54, 1.807) is 11.8 Å². The second-order valence-electron chi connectivity index (χ2n) is 7.47. The molecule has 1 aliphatic rings. The summed E-state index contributed by atoms with van der Waals surface area (Å²) in [6.45, 7) is 11.6. The molecule has 1 unspecified atom stereocenters. The van der Waals surface area contributed by atoms with Crippen LogP contribution in [0.25, 0.3) is 0 Å². The highest BCUT2D eigenvalue weighted by Gasteiger charge is 2.27. The first-order valence-corrected chi connectivity index (χ1v) is 12.1. The molecule has 1 aliphatic heterocycles. The molecule has 4 nitrogen and oxygen atoms in total. The quantitative estimate of drug-likeness (QED) is 0.335. The van der Waals surface area contributed by atoms with Crippen LogP contribution in [0.3, 0.4) is 0 Å². The lowest BCUT2D eigenvalue weighted by Crippen LogP contribution is -2.39. The van der Waals surface area contributed by atoms with Crippen LogP contribution in [0.15, 0.2) is 0 Å². The van der Waals surface area contributed by atoms with Crippen LogP contribution < -0.4 is 0 Å². The standard InChI is InChI=1S/C18H31NO3Si/c1-15(9-7-6-8-14-23(3,4)5)22-18(21)17-10-12-19(13-11-17)16(2)20/h15,17H,6-7,9-13H2,1-5H3. The van der Waals surface area contributed by atoms with Crippen LogP contribution in [0.4, 0.5) is 0 Å². The van der Waals surface area contributed by atoms with Gasteiger partial charge in [-0.3, -0.25) is 9.59 Å². The highest BCUT2D eigenvalue weighted by Crippen LogP contribution is 2.20. The van der Waals surface area contributed by atoms with Gasteiger partial charge in [0.15, 0.2) is 0 Å². The molecule has 1 heterocycles. The Kier molecular flexibility index (Phi) is 7.84. The Balaban J connectivity index is 2.24. The van der Waals surface area contributed by atoms with Crippen LogP contribution in [0, 0.1) is 17.4 Å². The van der Waals surface area contributed by atoms with E-state index in [1.165, 1.54) is 0 Å². The summed E-state index contributed by atoms with van der Waals surface area (Å²) in [5.41, 5.74) is 3.35. The molecule has 0 bridgehead atoms. The van der Waals surface area contributed by atoms with E-state index < -0.39 is 8.07 Å². The predicted octanol–water partition coefficient (Wildman–Crippen LogP) is 3.23. The average Bonchev–Trinajstić information content (AvgIpc) is 2.45. The Morgan fingerprint density at radius 2 is 1.87 bits per heavy atom. The third kappa shape index (κ3) is 8.22. The fourth-order valence-corrected chi connectivity index (χ4v) is 3.24. The van der Waals surface area contributed by atoms with Crippen LogP contribution >= 0.6 is 0 Å².